The second-order valence-corrected chi connectivity index (χ2v) is 9.43. The number of benzene rings is 2. The predicted octanol–water partition coefficient (Wildman–Crippen LogP) is 2.81. The molecule has 0 bridgehead atoms. The highest BCUT2D eigenvalue weighted by Gasteiger charge is 2.30. The Morgan fingerprint density at radius 2 is 1.81 bits per heavy atom. The van der Waals surface area contributed by atoms with Crippen molar-refractivity contribution in [3.05, 3.63) is 53.1 Å². The first-order valence-corrected chi connectivity index (χ1v) is 11.1. The fraction of sp³-hybridized carbons (Fsp3) is 0.368. The van der Waals surface area contributed by atoms with Crippen LogP contribution >= 0.6 is 11.7 Å². The Labute approximate surface area is 163 Å². The van der Waals surface area contributed by atoms with E-state index in [4.69, 9.17) is 0 Å². The van der Waals surface area contributed by atoms with Crippen molar-refractivity contribution >= 4 is 32.8 Å². The van der Waals surface area contributed by atoms with Gasteiger partial charge in [0.15, 0.2) is 0 Å². The van der Waals surface area contributed by atoms with Crippen molar-refractivity contribution in [2.75, 3.05) is 26.2 Å². The van der Waals surface area contributed by atoms with E-state index in [-0.39, 0.29) is 4.90 Å². The fourth-order valence-electron chi connectivity index (χ4n) is 3.47. The summed E-state index contributed by atoms with van der Waals surface area (Å²) in [6.07, 6.45) is 0. The van der Waals surface area contributed by atoms with Crippen LogP contribution in [0.2, 0.25) is 0 Å². The third kappa shape index (κ3) is 3.62. The molecule has 0 spiro atoms. The molecular formula is C19H22N4O2S2. The number of hydrogen-bond donors (Lipinski definition) is 0. The van der Waals surface area contributed by atoms with Gasteiger partial charge in [-0.1, -0.05) is 29.8 Å². The predicted molar refractivity (Wildman–Crippen MR) is 107 cm³/mol. The van der Waals surface area contributed by atoms with Crippen LogP contribution in [-0.4, -0.2) is 52.5 Å². The van der Waals surface area contributed by atoms with E-state index < -0.39 is 10.0 Å². The zero-order valence-corrected chi connectivity index (χ0v) is 17.1. The topological polar surface area (TPSA) is 66.4 Å². The van der Waals surface area contributed by atoms with Gasteiger partial charge in [0, 0.05) is 32.7 Å². The van der Waals surface area contributed by atoms with Crippen LogP contribution in [0.25, 0.3) is 11.0 Å². The summed E-state index contributed by atoms with van der Waals surface area (Å²) in [5.74, 6) is 0. The highest BCUT2D eigenvalue weighted by atomic mass is 32.2. The lowest BCUT2D eigenvalue weighted by Crippen LogP contribution is -2.48. The SMILES string of the molecule is Cc1ccc(C)c(CN2CCN(S(=O)(=O)c3cccc4nsnc34)CC2)c1. The van der Waals surface area contributed by atoms with Crippen LogP contribution in [0.3, 0.4) is 0 Å². The van der Waals surface area contributed by atoms with Crippen molar-refractivity contribution in [3.8, 4) is 0 Å². The Balaban J connectivity index is 1.49. The van der Waals surface area contributed by atoms with Crippen molar-refractivity contribution in [2.45, 2.75) is 25.3 Å². The zero-order chi connectivity index (χ0) is 19.0. The molecular weight excluding hydrogens is 380 g/mol. The summed E-state index contributed by atoms with van der Waals surface area (Å²) in [6, 6.07) is 11.6. The summed E-state index contributed by atoms with van der Waals surface area (Å²) >= 11 is 1.04. The van der Waals surface area contributed by atoms with Crippen LogP contribution in [0.1, 0.15) is 16.7 Å². The molecule has 0 unspecified atom stereocenters. The average molecular weight is 403 g/mol. The van der Waals surface area contributed by atoms with E-state index in [0.29, 0.717) is 24.1 Å². The van der Waals surface area contributed by atoms with E-state index in [9.17, 15) is 8.42 Å². The van der Waals surface area contributed by atoms with Gasteiger partial charge in [0.2, 0.25) is 10.0 Å². The van der Waals surface area contributed by atoms with Gasteiger partial charge in [-0.25, -0.2) is 8.42 Å². The number of fused-ring (bicyclic) bond motifs is 1. The van der Waals surface area contributed by atoms with Crippen LogP contribution in [-0.2, 0) is 16.6 Å². The molecule has 0 atom stereocenters. The summed E-state index contributed by atoms with van der Waals surface area (Å²) < 4.78 is 36.1. The van der Waals surface area contributed by atoms with Gasteiger partial charge in [0.05, 0.1) is 11.7 Å². The first kappa shape index (κ1) is 18.5. The van der Waals surface area contributed by atoms with Crippen LogP contribution in [0, 0.1) is 13.8 Å². The molecule has 1 aliphatic heterocycles. The smallest absolute Gasteiger partial charge is 0.245 e. The molecule has 2 heterocycles. The van der Waals surface area contributed by atoms with Crippen LogP contribution < -0.4 is 0 Å². The molecule has 0 saturated carbocycles. The minimum atomic E-state index is -3.56. The standard InChI is InChI=1S/C19H22N4O2S2/c1-14-6-7-15(2)16(12-14)13-22-8-10-23(11-9-22)27(24,25)18-5-3-4-17-19(18)21-26-20-17/h3-7,12H,8-11,13H2,1-2H3. The molecule has 27 heavy (non-hydrogen) atoms. The number of rotatable bonds is 4. The molecule has 3 aromatic rings. The van der Waals surface area contributed by atoms with Crippen LogP contribution in [0.5, 0.6) is 0 Å². The van der Waals surface area contributed by atoms with Crippen molar-refractivity contribution in [2.24, 2.45) is 0 Å². The van der Waals surface area contributed by atoms with E-state index >= 15 is 0 Å². The lowest BCUT2D eigenvalue weighted by molar-refractivity contribution is 0.181. The summed E-state index contributed by atoms with van der Waals surface area (Å²) in [4.78, 5) is 2.58. The first-order chi connectivity index (χ1) is 12.9. The maximum atomic E-state index is 13.1. The maximum absolute atomic E-state index is 13.1. The van der Waals surface area contributed by atoms with Gasteiger partial charge in [-0.3, -0.25) is 4.90 Å². The molecule has 6 nitrogen and oxygen atoms in total. The van der Waals surface area contributed by atoms with Gasteiger partial charge < -0.3 is 0 Å². The summed E-state index contributed by atoms with van der Waals surface area (Å²) in [5.41, 5.74) is 4.94. The number of sulfonamides is 1. The van der Waals surface area contributed by atoms with E-state index in [2.05, 4.69) is 45.7 Å². The Hall–Kier alpha value is -1.87. The van der Waals surface area contributed by atoms with Gasteiger partial charge >= 0.3 is 0 Å². The van der Waals surface area contributed by atoms with Crippen LogP contribution in [0.4, 0.5) is 0 Å². The molecule has 2 aromatic carbocycles. The van der Waals surface area contributed by atoms with Crippen molar-refractivity contribution in [1.82, 2.24) is 18.0 Å². The quantitative estimate of drug-likeness (QED) is 0.671. The molecule has 1 fully saturated rings. The number of aryl methyl sites for hydroxylation is 2. The lowest BCUT2D eigenvalue weighted by atomic mass is 10.1. The van der Waals surface area contributed by atoms with E-state index in [1.54, 1.807) is 22.5 Å². The third-order valence-electron chi connectivity index (χ3n) is 5.10. The number of piperazine rings is 1. The summed E-state index contributed by atoms with van der Waals surface area (Å²) in [5, 5.41) is 0. The monoisotopic (exact) mass is 402 g/mol. The lowest BCUT2D eigenvalue weighted by Gasteiger charge is -2.34. The molecule has 0 radical (unpaired) electrons. The molecule has 1 aromatic heterocycles. The van der Waals surface area contributed by atoms with Crippen molar-refractivity contribution < 1.29 is 8.42 Å². The molecule has 1 saturated heterocycles. The average Bonchev–Trinajstić information content (AvgIpc) is 3.14. The van der Waals surface area contributed by atoms with Crippen molar-refractivity contribution in [3.63, 3.8) is 0 Å². The largest absolute Gasteiger partial charge is 0.296 e. The number of hydrogen-bond acceptors (Lipinski definition) is 6. The molecule has 142 valence electrons. The van der Waals surface area contributed by atoms with Crippen molar-refractivity contribution in [1.29, 1.82) is 0 Å². The Bertz CT molecular complexity index is 1070. The second-order valence-electron chi connectivity index (χ2n) is 7.00. The van der Waals surface area contributed by atoms with Gasteiger partial charge in [-0.2, -0.15) is 13.1 Å². The maximum Gasteiger partial charge on any atom is 0.245 e. The minimum absolute atomic E-state index is 0.261. The fourth-order valence-corrected chi connectivity index (χ4v) is 5.64. The zero-order valence-electron chi connectivity index (χ0n) is 15.4. The second kappa shape index (κ2) is 7.27. The van der Waals surface area contributed by atoms with Gasteiger partial charge in [-0.05, 0) is 37.1 Å². The highest BCUT2D eigenvalue weighted by Crippen LogP contribution is 2.25. The molecule has 4 rings (SSSR count). The Kier molecular flexibility index (Phi) is 4.98. The third-order valence-corrected chi connectivity index (χ3v) is 7.57. The van der Waals surface area contributed by atoms with Gasteiger partial charge in [0.25, 0.3) is 0 Å². The van der Waals surface area contributed by atoms with Gasteiger partial charge in [-0.15, -0.1) is 0 Å². The molecule has 8 heteroatoms. The summed E-state index contributed by atoms with van der Waals surface area (Å²) in [7, 11) is -3.56. The normalized spacial score (nSPS) is 16.8. The molecule has 0 amide bonds. The number of aromatic nitrogens is 2. The minimum Gasteiger partial charge on any atom is -0.296 e. The van der Waals surface area contributed by atoms with E-state index in [1.165, 1.54) is 16.7 Å². The molecule has 0 aliphatic carbocycles. The molecule has 1 aliphatic rings. The van der Waals surface area contributed by atoms with Gasteiger partial charge in [0.1, 0.15) is 15.9 Å². The molecule has 0 N–H and O–H groups in total. The Morgan fingerprint density at radius 3 is 2.59 bits per heavy atom. The first-order valence-electron chi connectivity index (χ1n) is 8.95. The van der Waals surface area contributed by atoms with E-state index in [0.717, 1.165) is 31.4 Å². The number of nitrogens with zero attached hydrogens (tertiary/aromatic N) is 4. The van der Waals surface area contributed by atoms with E-state index in [1.807, 2.05) is 0 Å². The highest BCUT2D eigenvalue weighted by molar-refractivity contribution is 7.89. The van der Waals surface area contributed by atoms with Crippen LogP contribution in [0.15, 0.2) is 41.3 Å². The summed E-state index contributed by atoms with van der Waals surface area (Å²) in [6.45, 7) is 7.49. The Morgan fingerprint density at radius 1 is 1.04 bits per heavy atom.